The molecule has 2 N–H and O–H groups in total. The summed E-state index contributed by atoms with van der Waals surface area (Å²) >= 11 is 0. The van der Waals surface area contributed by atoms with Gasteiger partial charge in [-0.3, -0.25) is 4.98 Å². The number of hydrogen-bond donors (Lipinski definition) is 1. The van der Waals surface area contributed by atoms with E-state index in [1.807, 2.05) is 6.20 Å². The molecular weight excluding hydrogens is 212 g/mol. The molecular formula is C13H22N4. The van der Waals surface area contributed by atoms with Gasteiger partial charge in [-0.15, -0.1) is 0 Å². The summed E-state index contributed by atoms with van der Waals surface area (Å²) in [4.78, 5) is 11.0. The van der Waals surface area contributed by atoms with Gasteiger partial charge >= 0.3 is 0 Å². The average Bonchev–Trinajstić information content (AvgIpc) is 2.42. The summed E-state index contributed by atoms with van der Waals surface area (Å²) < 4.78 is 0. The van der Waals surface area contributed by atoms with Gasteiger partial charge < -0.3 is 10.6 Å². The van der Waals surface area contributed by atoms with E-state index >= 15 is 0 Å². The lowest BCUT2D eigenvalue weighted by Gasteiger charge is -2.35. The van der Waals surface area contributed by atoms with E-state index in [2.05, 4.69) is 14.9 Å². The molecule has 1 aromatic rings. The van der Waals surface area contributed by atoms with Crippen LogP contribution in [-0.4, -0.2) is 29.1 Å². The molecule has 0 aliphatic heterocycles. The van der Waals surface area contributed by atoms with E-state index in [9.17, 15) is 0 Å². The summed E-state index contributed by atoms with van der Waals surface area (Å²) in [6.07, 6.45) is 13.0. The van der Waals surface area contributed by atoms with Crippen LogP contribution >= 0.6 is 0 Å². The van der Waals surface area contributed by atoms with Gasteiger partial charge in [-0.1, -0.05) is 19.3 Å². The quantitative estimate of drug-likeness (QED) is 0.846. The van der Waals surface area contributed by atoms with Crippen LogP contribution in [0.25, 0.3) is 0 Å². The van der Waals surface area contributed by atoms with Crippen LogP contribution in [0.3, 0.4) is 0 Å². The van der Waals surface area contributed by atoms with Gasteiger partial charge in [-0.2, -0.15) is 0 Å². The zero-order chi connectivity index (χ0) is 11.9. The molecule has 0 bridgehead atoms. The van der Waals surface area contributed by atoms with Gasteiger partial charge in [0, 0.05) is 25.0 Å². The molecule has 1 aliphatic carbocycles. The molecule has 1 aliphatic rings. The topological polar surface area (TPSA) is 55.0 Å². The first-order valence-electron chi connectivity index (χ1n) is 6.64. The third-order valence-corrected chi connectivity index (χ3v) is 3.46. The fourth-order valence-corrected chi connectivity index (χ4v) is 2.58. The van der Waals surface area contributed by atoms with Crippen LogP contribution in [0.15, 0.2) is 18.6 Å². The van der Waals surface area contributed by atoms with Crippen molar-refractivity contribution in [1.29, 1.82) is 0 Å². The number of rotatable bonds is 5. The van der Waals surface area contributed by atoms with Crippen LogP contribution in [0.5, 0.6) is 0 Å². The summed E-state index contributed by atoms with van der Waals surface area (Å²) in [5, 5.41) is 0. The van der Waals surface area contributed by atoms with Gasteiger partial charge in [0.15, 0.2) is 0 Å². The Bertz CT molecular complexity index is 308. The normalized spacial score (nSPS) is 17.0. The van der Waals surface area contributed by atoms with Gasteiger partial charge in [0.2, 0.25) is 0 Å². The van der Waals surface area contributed by atoms with E-state index in [-0.39, 0.29) is 0 Å². The van der Waals surface area contributed by atoms with Crippen molar-refractivity contribution in [1.82, 2.24) is 9.97 Å². The molecule has 4 nitrogen and oxygen atoms in total. The Labute approximate surface area is 103 Å². The van der Waals surface area contributed by atoms with Crippen LogP contribution in [0.1, 0.15) is 38.5 Å². The van der Waals surface area contributed by atoms with Crippen LogP contribution in [0.2, 0.25) is 0 Å². The summed E-state index contributed by atoms with van der Waals surface area (Å²) in [5.74, 6) is 1.01. The number of hydrogen-bond acceptors (Lipinski definition) is 4. The first-order chi connectivity index (χ1) is 8.42. The summed E-state index contributed by atoms with van der Waals surface area (Å²) in [6.45, 7) is 1.74. The van der Waals surface area contributed by atoms with Crippen molar-refractivity contribution >= 4 is 5.82 Å². The molecule has 1 aromatic heterocycles. The fourth-order valence-electron chi connectivity index (χ4n) is 2.58. The summed E-state index contributed by atoms with van der Waals surface area (Å²) in [5.41, 5.74) is 5.62. The van der Waals surface area contributed by atoms with Gasteiger partial charge in [0.05, 0.1) is 6.20 Å². The Hall–Kier alpha value is -1.16. The maximum Gasteiger partial charge on any atom is 0.147 e. The predicted octanol–water partition coefficient (Wildman–Crippen LogP) is 1.96. The van der Waals surface area contributed by atoms with Crippen molar-refractivity contribution < 1.29 is 0 Å². The van der Waals surface area contributed by atoms with Gasteiger partial charge in [-0.05, 0) is 25.8 Å². The SMILES string of the molecule is NCCCN(c1cnccn1)C1CCCCC1. The first-order valence-corrected chi connectivity index (χ1v) is 6.64. The molecule has 1 heterocycles. The molecule has 4 heteroatoms. The fraction of sp³-hybridized carbons (Fsp3) is 0.692. The molecule has 0 amide bonds. The maximum absolute atomic E-state index is 5.62. The van der Waals surface area contributed by atoms with Crippen LogP contribution < -0.4 is 10.6 Å². The van der Waals surface area contributed by atoms with E-state index < -0.39 is 0 Å². The zero-order valence-electron chi connectivity index (χ0n) is 10.4. The molecule has 0 aromatic carbocycles. The van der Waals surface area contributed by atoms with Crippen LogP contribution in [0.4, 0.5) is 5.82 Å². The Balaban J connectivity index is 2.06. The van der Waals surface area contributed by atoms with Crippen LogP contribution in [0, 0.1) is 0 Å². The second-order valence-corrected chi connectivity index (χ2v) is 4.69. The van der Waals surface area contributed by atoms with E-state index in [1.165, 1.54) is 32.1 Å². The lowest BCUT2D eigenvalue weighted by Crippen LogP contribution is -2.38. The Kier molecular flexibility index (Phi) is 4.74. The minimum atomic E-state index is 0.631. The zero-order valence-corrected chi connectivity index (χ0v) is 10.4. The molecule has 0 radical (unpaired) electrons. The highest BCUT2D eigenvalue weighted by Gasteiger charge is 2.21. The van der Waals surface area contributed by atoms with E-state index in [0.29, 0.717) is 6.04 Å². The molecule has 2 rings (SSSR count). The third-order valence-electron chi connectivity index (χ3n) is 3.46. The van der Waals surface area contributed by atoms with Gasteiger partial charge in [0.25, 0.3) is 0 Å². The number of nitrogens with two attached hydrogens (primary N) is 1. The number of nitrogens with zero attached hydrogens (tertiary/aromatic N) is 3. The molecule has 17 heavy (non-hydrogen) atoms. The van der Waals surface area contributed by atoms with Crippen molar-refractivity contribution in [3.63, 3.8) is 0 Å². The number of anilines is 1. The highest BCUT2D eigenvalue weighted by Crippen LogP contribution is 2.25. The lowest BCUT2D eigenvalue weighted by atomic mass is 9.94. The molecule has 0 spiro atoms. The second-order valence-electron chi connectivity index (χ2n) is 4.69. The van der Waals surface area contributed by atoms with E-state index in [1.54, 1.807) is 12.4 Å². The van der Waals surface area contributed by atoms with Crippen LogP contribution in [-0.2, 0) is 0 Å². The first kappa shape index (κ1) is 12.3. The third kappa shape index (κ3) is 3.40. The standard InChI is InChI=1S/C13H22N4/c14-7-4-10-17(12-5-2-1-3-6-12)13-11-15-8-9-16-13/h8-9,11-12H,1-7,10,14H2. The smallest absolute Gasteiger partial charge is 0.147 e. The van der Waals surface area contributed by atoms with Crippen molar-refractivity contribution in [2.24, 2.45) is 5.73 Å². The Morgan fingerprint density at radius 2 is 2.06 bits per heavy atom. The van der Waals surface area contributed by atoms with E-state index in [0.717, 1.165) is 25.3 Å². The summed E-state index contributed by atoms with van der Waals surface area (Å²) in [7, 11) is 0. The minimum absolute atomic E-state index is 0.631. The molecule has 1 saturated carbocycles. The predicted molar refractivity (Wildman–Crippen MR) is 69.9 cm³/mol. The molecule has 94 valence electrons. The minimum Gasteiger partial charge on any atom is -0.352 e. The molecule has 0 atom stereocenters. The Morgan fingerprint density at radius 3 is 2.71 bits per heavy atom. The average molecular weight is 234 g/mol. The highest BCUT2D eigenvalue weighted by atomic mass is 15.2. The molecule has 0 saturated heterocycles. The monoisotopic (exact) mass is 234 g/mol. The van der Waals surface area contributed by atoms with E-state index in [4.69, 9.17) is 5.73 Å². The van der Waals surface area contributed by atoms with Gasteiger partial charge in [-0.25, -0.2) is 4.98 Å². The number of aromatic nitrogens is 2. The highest BCUT2D eigenvalue weighted by molar-refractivity contribution is 5.36. The van der Waals surface area contributed by atoms with Crippen molar-refractivity contribution in [2.75, 3.05) is 18.0 Å². The Morgan fingerprint density at radius 1 is 1.24 bits per heavy atom. The van der Waals surface area contributed by atoms with Crippen molar-refractivity contribution in [3.8, 4) is 0 Å². The van der Waals surface area contributed by atoms with Crippen molar-refractivity contribution in [3.05, 3.63) is 18.6 Å². The molecule has 1 fully saturated rings. The largest absolute Gasteiger partial charge is 0.352 e. The van der Waals surface area contributed by atoms with Crippen molar-refractivity contribution in [2.45, 2.75) is 44.6 Å². The second kappa shape index (κ2) is 6.55. The lowest BCUT2D eigenvalue weighted by molar-refractivity contribution is 0.411. The molecule has 0 unspecified atom stereocenters. The summed E-state index contributed by atoms with van der Waals surface area (Å²) in [6, 6.07) is 0.631. The van der Waals surface area contributed by atoms with Gasteiger partial charge in [0.1, 0.15) is 5.82 Å². The maximum atomic E-state index is 5.62.